The molecule has 0 saturated carbocycles. The van der Waals surface area contributed by atoms with Gasteiger partial charge in [0.1, 0.15) is 6.23 Å². The number of carboxylic acids is 1. The summed E-state index contributed by atoms with van der Waals surface area (Å²) in [4.78, 5) is 9.97. The van der Waals surface area contributed by atoms with Crippen LogP contribution >= 0.6 is 12.8 Å². The van der Waals surface area contributed by atoms with E-state index in [0.29, 0.717) is 0 Å². The highest BCUT2D eigenvalue weighted by Gasteiger charge is 2.08. The van der Waals surface area contributed by atoms with Crippen molar-refractivity contribution in [3.63, 3.8) is 0 Å². The molecule has 0 aromatic heterocycles. The number of hydrogen-bond acceptors (Lipinski definition) is 4. The molecule has 0 aliphatic rings. The van der Waals surface area contributed by atoms with Gasteiger partial charge in [-0.15, -0.1) is 0 Å². The summed E-state index contributed by atoms with van der Waals surface area (Å²) < 4.78 is 7.02. The minimum Gasteiger partial charge on any atom is -0.481 e. The predicted molar refractivity (Wildman–Crippen MR) is 35.2 cm³/mol. The quantitative estimate of drug-likeness (QED) is 0.387. The molecule has 1 atom stereocenters. The lowest BCUT2D eigenvalue weighted by Gasteiger charge is -2.08. The van der Waals surface area contributed by atoms with E-state index in [1.807, 2.05) is 0 Å². The van der Waals surface area contributed by atoms with Crippen molar-refractivity contribution >= 4 is 18.8 Å². The maximum atomic E-state index is 9.97. The van der Waals surface area contributed by atoms with Crippen LogP contribution in [0.4, 0.5) is 0 Å². The van der Waals surface area contributed by atoms with Crippen molar-refractivity contribution in [2.45, 2.75) is 12.6 Å². The van der Waals surface area contributed by atoms with Crippen LogP contribution in [0.1, 0.15) is 6.42 Å². The molecule has 0 unspecified atom stereocenters. The molecule has 0 saturated heterocycles. The zero-order valence-corrected chi connectivity index (χ0v) is 5.89. The maximum absolute atomic E-state index is 9.97. The zero-order chi connectivity index (χ0) is 7.28. The molecule has 0 aromatic rings. The van der Waals surface area contributed by atoms with Crippen LogP contribution in [0, 0.1) is 0 Å². The van der Waals surface area contributed by atoms with Crippen LogP contribution in [0.25, 0.3) is 0 Å². The third kappa shape index (κ3) is 4.26. The lowest BCUT2D eigenvalue weighted by molar-refractivity contribution is -0.139. The molecular weight excluding hydrogens is 142 g/mol. The van der Waals surface area contributed by atoms with Gasteiger partial charge in [0.25, 0.3) is 0 Å². The summed E-state index contributed by atoms with van der Waals surface area (Å²) >= 11 is 3.63. The summed E-state index contributed by atoms with van der Waals surface area (Å²) in [6.45, 7) is 0. The number of hydrogen-bond donors (Lipinski definition) is 3. The smallest absolute Gasteiger partial charge is 0.307 e. The zero-order valence-electron chi connectivity index (χ0n) is 5.00. The van der Waals surface area contributed by atoms with Gasteiger partial charge in [-0.05, 0) is 0 Å². The Bertz CT molecular complexity index is 93.8. The number of carbonyl (C=O) groups is 1. The topological polar surface area (TPSA) is 58.6 Å². The Hall–Kier alpha value is -0.260. The molecule has 0 bridgehead atoms. The minimum atomic E-state index is -0.914. The second-order valence-corrected chi connectivity index (χ2v) is 1.71. The van der Waals surface area contributed by atoms with Gasteiger partial charge in [-0.1, -0.05) is 12.8 Å². The number of ether oxygens (including phenoxy) is 1. The summed E-state index contributed by atoms with van der Waals surface area (Å²) in [6.07, 6.45) is -0.592. The van der Waals surface area contributed by atoms with Crippen molar-refractivity contribution in [1.29, 1.82) is 0 Å². The molecule has 54 valence electrons. The van der Waals surface area contributed by atoms with Gasteiger partial charge in [0.15, 0.2) is 0 Å². The van der Waals surface area contributed by atoms with E-state index >= 15 is 0 Å². The monoisotopic (exact) mass is 151 g/mol. The average molecular weight is 151 g/mol. The Balaban J connectivity index is 3.43. The van der Waals surface area contributed by atoms with E-state index in [1.54, 1.807) is 0 Å². The average Bonchev–Trinajstić information content (AvgIpc) is 1.82. The van der Waals surface area contributed by atoms with Crippen molar-refractivity contribution in [1.82, 2.24) is 4.72 Å². The Morgan fingerprint density at radius 1 is 2.00 bits per heavy atom. The van der Waals surface area contributed by atoms with Crippen LogP contribution in [-0.2, 0) is 9.53 Å². The van der Waals surface area contributed by atoms with Gasteiger partial charge in [-0.2, -0.15) is 0 Å². The molecule has 0 amide bonds. The van der Waals surface area contributed by atoms with Crippen LogP contribution in [0.2, 0.25) is 0 Å². The molecule has 5 heteroatoms. The number of nitrogens with one attached hydrogen (secondary N) is 1. The molecule has 0 aromatic carbocycles. The number of carboxylic acid groups (broad SMARTS) is 1. The fourth-order valence-electron chi connectivity index (χ4n) is 0.340. The summed E-state index contributed by atoms with van der Waals surface area (Å²) in [7, 11) is 1.41. The first kappa shape index (κ1) is 8.74. The molecule has 2 N–H and O–H groups in total. The summed E-state index contributed by atoms with van der Waals surface area (Å²) in [5.41, 5.74) is 0. The molecule has 0 fully saturated rings. The third-order valence-corrected chi connectivity index (χ3v) is 1.08. The van der Waals surface area contributed by atoms with E-state index in [0.717, 1.165) is 0 Å². The summed E-state index contributed by atoms with van der Waals surface area (Å²) in [6, 6.07) is 0. The highest BCUT2D eigenvalue weighted by atomic mass is 32.1. The number of aliphatic carboxylic acids is 1. The molecule has 0 heterocycles. The Kier molecular flexibility index (Phi) is 4.47. The van der Waals surface area contributed by atoms with Crippen molar-refractivity contribution in [3.8, 4) is 0 Å². The van der Waals surface area contributed by atoms with E-state index in [-0.39, 0.29) is 6.42 Å². The van der Waals surface area contributed by atoms with Gasteiger partial charge in [0.2, 0.25) is 0 Å². The second kappa shape index (κ2) is 4.60. The highest BCUT2D eigenvalue weighted by Crippen LogP contribution is 1.92. The fourth-order valence-corrected chi connectivity index (χ4v) is 0.537. The molecule has 4 nitrogen and oxygen atoms in total. The first-order valence-corrected chi connectivity index (χ1v) is 2.79. The van der Waals surface area contributed by atoms with Crippen LogP contribution in [0.5, 0.6) is 0 Å². The van der Waals surface area contributed by atoms with E-state index < -0.39 is 12.2 Å². The van der Waals surface area contributed by atoms with E-state index in [1.165, 1.54) is 7.11 Å². The third-order valence-electron chi connectivity index (χ3n) is 0.789. The van der Waals surface area contributed by atoms with Crippen LogP contribution < -0.4 is 4.72 Å². The van der Waals surface area contributed by atoms with Crippen molar-refractivity contribution in [2.24, 2.45) is 0 Å². The molecule has 0 radical (unpaired) electrons. The number of thiol groups is 1. The SMILES string of the molecule is CO[C@@H](CC(=O)O)NS. The molecular formula is C4H9NO3S. The maximum Gasteiger partial charge on any atom is 0.307 e. The molecule has 0 aliphatic heterocycles. The number of methoxy groups -OCH3 is 1. The lowest BCUT2D eigenvalue weighted by Crippen LogP contribution is -2.25. The summed E-state index contributed by atoms with van der Waals surface area (Å²) in [5.74, 6) is -0.914. The van der Waals surface area contributed by atoms with Crippen LogP contribution in [0.15, 0.2) is 0 Å². The van der Waals surface area contributed by atoms with Gasteiger partial charge in [0, 0.05) is 7.11 Å². The number of rotatable bonds is 4. The molecule has 0 aliphatic carbocycles. The predicted octanol–water partition coefficient (Wildman–Crippen LogP) is -0.132. The second-order valence-electron chi connectivity index (χ2n) is 1.45. The van der Waals surface area contributed by atoms with Gasteiger partial charge in [0.05, 0.1) is 6.42 Å². The minimum absolute atomic E-state index is 0.0833. The normalized spacial score (nSPS) is 13.1. The molecule has 0 rings (SSSR count). The van der Waals surface area contributed by atoms with E-state index in [2.05, 4.69) is 22.3 Å². The Labute approximate surface area is 58.7 Å². The van der Waals surface area contributed by atoms with Crippen LogP contribution in [0.3, 0.4) is 0 Å². The van der Waals surface area contributed by atoms with E-state index in [9.17, 15) is 4.79 Å². The standard InChI is InChI=1S/C4H9NO3S/c1-8-3(5-9)2-4(6)7/h3,5,9H,2H2,1H3,(H,6,7)/t3-/m0/s1. The first-order chi connectivity index (χ1) is 4.20. The van der Waals surface area contributed by atoms with Crippen LogP contribution in [-0.4, -0.2) is 24.4 Å². The summed E-state index contributed by atoms with van der Waals surface area (Å²) in [5, 5.41) is 8.19. The Morgan fingerprint density at radius 2 is 2.56 bits per heavy atom. The van der Waals surface area contributed by atoms with Gasteiger partial charge in [-0.25, -0.2) is 4.72 Å². The Morgan fingerprint density at radius 3 is 2.67 bits per heavy atom. The first-order valence-electron chi connectivity index (χ1n) is 2.35. The van der Waals surface area contributed by atoms with E-state index in [4.69, 9.17) is 5.11 Å². The van der Waals surface area contributed by atoms with Crippen molar-refractivity contribution < 1.29 is 14.6 Å². The largest absolute Gasteiger partial charge is 0.481 e. The van der Waals surface area contributed by atoms with Gasteiger partial charge >= 0.3 is 5.97 Å². The van der Waals surface area contributed by atoms with Crippen molar-refractivity contribution in [2.75, 3.05) is 7.11 Å². The van der Waals surface area contributed by atoms with Gasteiger partial charge in [-0.3, -0.25) is 4.79 Å². The fraction of sp³-hybridized carbons (Fsp3) is 0.750. The van der Waals surface area contributed by atoms with Gasteiger partial charge < -0.3 is 9.84 Å². The highest BCUT2D eigenvalue weighted by molar-refractivity contribution is 7.78. The molecule has 9 heavy (non-hydrogen) atoms. The molecule has 0 spiro atoms. The lowest BCUT2D eigenvalue weighted by atomic mass is 10.4. The van der Waals surface area contributed by atoms with Crippen molar-refractivity contribution in [3.05, 3.63) is 0 Å².